The SMILES string of the molecule is C=CCCN(CCC)C(=O)c1cccc(C(=O)O)c1. The summed E-state index contributed by atoms with van der Waals surface area (Å²) < 4.78 is 0. The molecular weight excluding hydrogens is 242 g/mol. The number of carbonyl (C=O) groups excluding carboxylic acids is 1. The Kier molecular flexibility index (Phi) is 5.79. The van der Waals surface area contributed by atoms with Crippen molar-refractivity contribution in [2.24, 2.45) is 0 Å². The van der Waals surface area contributed by atoms with Gasteiger partial charge in [0.1, 0.15) is 0 Å². The first-order valence-corrected chi connectivity index (χ1v) is 6.33. The van der Waals surface area contributed by atoms with Crippen LogP contribution in [-0.2, 0) is 0 Å². The van der Waals surface area contributed by atoms with Gasteiger partial charge in [-0.1, -0.05) is 19.1 Å². The van der Waals surface area contributed by atoms with Gasteiger partial charge in [-0.25, -0.2) is 4.79 Å². The molecule has 0 aliphatic carbocycles. The number of aromatic carboxylic acids is 1. The summed E-state index contributed by atoms with van der Waals surface area (Å²) in [5, 5.41) is 8.94. The molecule has 0 aliphatic heterocycles. The average molecular weight is 261 g/mol. The lowest BCUT2D eigenvalue weighted by atomic mass is 10.1. The number of rotatable bonds is 7. The van der Waals surface area contributed by atoms with Crippen LogP contribution in [0.5, 0.6) is 0 Å². The molecule has 1 aromatic rings. The molecule has 19 heavy (non-hydrogen) atoms. The maximum absolute atomic E-state index is 12.3. The van der Waals surface area contributed by atoms with Crippen molar-refractivity contribution < 1.29 is 14.7 Å². The molecule has 0 unspecified atom stereocenters. The topological polar surface area (TPSA) is 57.6 Å². The largest absolute Gasteiger partial charge is 0.478 e. The third kappa shape index (κ3) is 4.25. The molecule has 0 bridgehead atoms. The Balaban J connectivity index is 2.91. The van der Waals surface area contributed by atoms with Crippen LogP contribution in [0.25, 0.3) is 0 Å². The summed E-state index contributed by atoms with van der Waals surface area (Å²) in [5.74, 6) is -1.16. The number of benzene rings is 1. The fourth-order valence-corrected chi connectivity index (χ4v) is 1.80. The van der Waals surface area contributed by atoms with Crippen LogP contribution in [0.1, 0.15) is 40.5 Å². The second-order valence-electron chi connectivity index (χ2n) is 4.26. The van der Waals surface area contributed by atoms with Crippen LogP contribution in [-0.4, -0.2) is 35.0 Å². The van der Waals surface area contributed by atoms with Crippen LogP contribution in [0.4, 0.5) is 0 Å². The third-order valence-electron chi connectivity index (χ3n) is 2.74. The van der Waals surface area contributed by atoms with Crippen LogP contribution in [0, 0.1) is 0 Å². The smallest absolute Gasteiger partial charge is 0.335 e. The number of amides is 1. The monoisotopic (exact) mass is 261 g/mol. The van der Waals surface area contributed by atoms with Crippen molar-refractivity contribution in [2.45, 2.75) is 19.8 Å². The quantitative estimate of drug-likeness (QED) is 0.768. The molecular formula is C15H19NO3. The van der Waals surface area contributed by atoms with Gasteiger partial charge in [0.15, 0.2) is 0 Å². The lowest BCUT2D eigenvalue weighted by molar-refractivity contribution is 0.0697. The molecule has 0 spiro atoms. The molecule has 0 aromatic heterocycles. The van der Waals surface area contributed by atoms with E-state index in [1.807, 2.05) is 6.92 Å². The molecule has 102 valence electrons. The van der Waals surface area contributed by atoms with Crippen LogP contribution in [0.2, 0.25) is 0 Å². The molecule has 4 heteroatoms. The molecule has 0 aliphatic rings. The first-order chi connectivity index (χ1) is 9.10. The fraction of sp³-hybridized carbons (Fsp3) is 0.333. The highest BCUT2D eigenvalue weighted by Gasteiger charge is 2.15. The highest BCUT2D eigenvalue weighted by Crippen LogP contribution is 2.10. The van der Waals surface area contributed by atoms with E-state index in [0.717, 1.165) is 12.8 Å². The van der Waals surface area contributed by atoms with Gasteiger partial charge in [-0.15, -0.1) is 6.58 Å². The Hall–Kier alpha value is -2.10. The Morgan fingerprint density at radius 1 is 1.32 bits per heavy atom. The van der Waals surface area contributed by atoms with Crippen LogP contribution in [0.3, 0.4) is 0 Å². The fourth-order valence-electron chi connectivity index (χ4n) is 1.80. The first kappa shape index (κ1) is 15.0. The Bertz CT molecular complexity index is 468. The lowest BCUT2D eigenvalue weighted by Crippen LogP contribution is -2.32. The summed E-state index contributed by atoms with van der Waals surface area (Å²) in [4.78, 5) is 24.9. The predicted molar refractivity (Wildman–Crippen MR) is 74.4 cm³/mol. The van der Waals surface area contributed by atoms with Crippen molar-refractivity contribution in [3.05, 3.63) is 48.0 Å². The van der Waals surface area contributed by atoms with E-state index in [-0.39, 0.29) is 11.5 Å². The highest BCUT2D eigenvalue weighted by molar-refractivity contribution is 5.97. The Labute approximate surface area is 113 Å². The van der Waals surface area contributed by atoms with Crippen molar-refractivity contribution in [1.29, 1.82) is 0 Å². The van der Waals surface area contributed by atoms with Gasteiger partial charge in [0.25, 0.3) is 5.91 Å². The molecule has 1 N–H and O–H groups in total. The number of carbonyl (C=O) groups is 2. The normalized spacial score (nSPS) is 9.95. The van der Waals surface area contributed by atoms with E-state index < -0.39 is 5.97 Å². The molecule has 0 saturated heterocycles. The maximum Gasteiger partial charge on any atom is 0.335 e. The van der Waals surface area contributed by atoms with E-state index in [1.54, 1.807) is 23.1 Å². The van der Waals surface area contributed by atoms with Gasteiger partial charge in [-0.3, -0.25) is 4.79 Å². The standard InChI is InChI=1S/C15H19NO3/c1-3-5-10-16(9-4-2)14(17)12-7-6-8-13(11-12)15(18)19/h3,6-8,11H,1,4-5,9-10H2,2H3,(H,18,19). The van der Waals surface area contributed by atoms with Crippen LogP contribution < -0.4 is 0 Å². The van der Waals surface area contributed by atoms with Crippen molar-refractivity contribution in [3.8, 4) is 0 Å². The van der Waals surface area contributed by atoms with Gasteiger partial charge < -0.3 is 10.0 Å². The van der Waals surface area contributed by atoms with Crippen molar-refractivity contribution in [3.63, 3.8) is 0 Å². The summed E-state index contributed by atoms with van der Waals surface area (Å²) in [6.07, 6.45) is 3.36. The zero-order valence-corrected chi connectivity index (χ0v) is 11.1. The predicted octanol–water partition coefficient (Wildman–Crippen LogP) is 2.81. The molecule has 0 fully saturated rings. The summed E-state index contributed by atoms with van der Waals surface area (Å²) in [6.45, 7) is 6.91. The van der Waals surface area contributed by atoms with Crippen molar-refractivity contribution >= 4 is 11.9 Å². The summed E-state index contributed by atoms with van der Waals surface area (Å²) >= 11 is 0. The molecule has 0 saturated carbocycles. The minimum Gasteiger partial charge on any atom is -0.478 e. The second kappa shape index (κ2) is 7.36. The van der Waals surface area contributed by atoms with Gasteiger partial charge in [-0.2, -0.15) is 0 Å². The maximum atomic E-state index is 12.3. The molecule has 1 rings (SSSR count). The van der Waals surface area contributed by atoms with Gasteiger partial charge in [0.05, 0.1) is 5.56 Å². The minimum absolute atomic E-state index is 0.131. The molecule has 0 atom stereocenters. The summed E-state index contributed by atoms with van der Waals surface area (Å²) in [5.41, 5.74) is 0.545. The lowest BCUT2D eigenvalue weighted by Gasteiger charge is -2.21. The number of hydrogen-bond donors (Lipinski definition) is 1. The molecule has 1 aromatic carbocycles. The second-order valence-corrected chi connectivity index (χ2v) is 4.26. The van der Waals surface area contributed by atoms with Gasteiger partial charge in [-0.05, 0) is 31.0 Å². The van der Waals surface area contributed by atoms with E-state index in [2.05, 4.69) is 6.58 Å². The van der Waals surface area contributed by atoms with Gasteiger partial charge in [0.2, 0.25) is 0 Å². The number of carboxylic acids is 1. The molecule has 0 heterocycles. The molecule has 4 nitrogen and oxygen atoms in total. The van der Waals surface area contributed by atoms with Gasteiger partial charge in [0, 0.05) is 18.7 Å². The summed E-state index contributed by atoms with van der Waals surface area (Å²) in [6, 6.07) is 6.13. The van der Waals surface area contributed by atoms with Crippen LogP contribution >= 0.6 is 0 Å². The van der Waals surface area contributed by atoms with Crippen molar-refractivity contribution in [1.82, 2.24) is 4.90 Å². The first-order valence-electron chi connectivity index (χ1n) is 6.33. The van der Waals surface area contributed by atoms with E-state index >= 15 is 0 Å². The number of carboxylic acid groups (broad SMARTS) is 1. The van der Waals surface area contributed by atoms with E-state index in [4.69, 9.17) is 5.11 Å². The number of nitrogens with zero attached hydrogens (tertiary/aromatic N) is 1. The van der Waals surface area contributed by atoms with Crippen molar-refractivity contribution in [2.75, 3.05) is 13.1 Å². The third-order valence-corrected chi connectivity index (χ3v) is 2.74. The van der Waals surface area contributed by atoms with E-state index in [1.165, 1.54) is 12.1 Å². The van der Waals surface area contributed by atoms with Crippen LogP contribution in [0.15, 0.2) is 36.9 Å². The highest BCUT2D eigenvalue weighted by atomic mass is 16.4. The zero-order chi connectivity index (χ0) is 14.3. The minimum atomic E-state index is -1.03. The van der Waals surface area contributed by atoms with E-state index in [9.17, 15) is 9.59 Å². The average Bonchev–Trinajstić information content (AvgIpc) is 2.42. The molecule has 1 amide bonds. The van der Waals surface area contributed by atoms with Gasteiger partial charge >= 0.3 is 5.97 Å². The summed E-state index contributed by atoms with van der Waals surface area (Å²) in [7, 11) is 0. The molecule has 0 radical (unpaired) electrons. The zero-order valence-electron chi connectivity index (χ0n) is 11.1. The van der Waals surface area contributed by atoms with E-state index in [0.29, 0.717) is 18.7 Å². The Morgan fingerprint density at radius 3 is 2.58 bits per heavy atom. The number of hydrogen-bond acceptors (Lipinski definition) is 2. The Morgan fingerprint density at radius 2 is 2.00 bits per heavy atom.